The van der Waals surface area contributed by atoms with Crippen molar-refractivity contribution in [2.75, 3.05) is 11.9 Å². The first-order chi connectivity index (χ1) is 16.1. The van der Waals surface area contributed by atoms with Crippen LogP contribution in [0.4, 0.5) is 14.9 Å². The Bertz CT molecular complexity index is 1100. The molecule has 170 valence electrons. The molecule has 0 bridgehead atoms. The molecule has 0 atom stereocenters. The van der Waals surface area contributed by atoms with Gasteiger partial charge in [0.2, 0.25) is 11.8 Å². The summed E-state index contributed by atoms with van der Waals surface area (Å²) in [4.78, 5) is 20.7. The molecule has 2 amide bonds. The fraction of sp³-hybridized carbons (Fsp3) is 0.167. The van der Waals surface area contributed by atoms with Crippen molar-refractivity contribution in [3.8, 4) is 11.6 Å². The van der Waals surface area contributed by atoms with Crippen molar-refractivity contribution in [3.05, 3.63) is 83.6 Å². The number of guanidine groups is 1. The lowest BCUT2D eigenvalue weighted by atomic mass is 10.1. The van der Waals surface area contributed by atoms with E-state index in [1.54, 1.807) is 66.7 Å². The molecule has 2 aromatic carbocycles. The van der Waals surface area contributed by atoms with Gasteiger partial charge in [0.15, 0.2) is 0 Å². The summed E-state index contributed by atoms with van der Waals surface area (Å²) in [5.41, 5.74) is 2.67. The summed E-state index contributed by atoms with van der Waals surface area (Å²) in [6.07, 6.45) is 1.15. The normalized spacial score (nSPS) is 10.9. The van der Waals surface area contributed by atoms with Gasteiger partial charge in [-0.25, -0.2) is 19.2 Å². The lowest BCUT2D eigenvalue weighted by Gasteiger charge is -2.13. The maximum absolute atomic E-state index is 12.7. The maximum Gasteiger partial charge on any atom is 0.321 e. The van der Waals surface area contributed by atoms with Crippen LogP contribution in [0.5, 0.6) is 11.6 Å². The fourth-order valence-corrected chi connectivity index (χ4v) is 2.76. The smallest absolute Gasteiger partial charge is 0.321 e. The van der Waals surface area contributed by atoms with E-state index in [0.29, 0.717) is 41.7 Å². The molecule has 0 saturated heterocycles. The Morgan fingerprint density at radius 2 is 1.82 bits per heavy atom. The highest BCUT2D eigenvalue weighted by atomic mass is 19.1. The molecule has 0 aliphatic rings. The number of amides is 2. The molecule has 0 aliphatic carbocycles. The minimum absolute atomic E-state index is 0.268. The van der Waals surface area contributed by atoms with E-state index in [1.165, 1.54) is 0 Å². The Labute approximate surface area is 191 Å². The first-order valence-corrected chi connectivity index (χ1v) is 10.3. The Balaban J connectivity index is 1.69. The average molecular weight is 449 g/mol. The number of hydrogen-bond acceptors (Lipinski definition) is 5. The fourth-order valence-electron chi connectivity index (χ4n) is 2.76. The van der Waals surface area contributed by atoms with Crippen LogP contribution >= 0.6 is 0 Å². The maximum atomic E-state index is 12.7. The molecule has 0 saturated carbocycles. The highest BCUT2D eigenvalue weighted by molar-refractivity contribution is 6.03. The monoisotopic (exact) mass is 448 g/mol. The van der Waals surface area contributed by atoms with Crippen LogP contribution in [0.1, 0.15) is 23.7 Å². The van der Waals surface area contributed by atoms with E-state index < -0.39 is 6.67 Å². The highest BCUT2D eigenvalue weighted by Crippen LogP contribution is 2.21. The first-order valence-electron chi connectivity index (χ1n) is 10.3. The predicted octanol–water partition coefficient (Wildman–Crippen LogP) is 4.63. The number of hydrogen-bond donors (Lipinski definition) is 4. The number of aromatic nitrogens is 1. The molecule has 0 radical (unpaired) electrons. The van der Waals surface area contributed by atoms with E-state index in [9.17, 15) is 9.18 Å². The number of aliphatic imine (C=N–C) groups is 1. The van der Waals surface area contributed by atoms with Crippen molar-refractivity contribution < 1.29 is 13.9 Å². The summed E-state index contributed by atoms with van der Waals surface area (Å²) in [7, 11) is 0. The van der Waals surface area contributed by atoms with Gasteiger partial charge in [0, 0.05) is 24.5 Å². The van der Waals surface area contributed by atoms with Crippen LogP contribution < -0.4 is 20.7 Å². The zero-order chi connectivity index (χ0) is 23.5. The summed E-state index contributed by atoms with van der Waals surface area (Å²) in [6.45, 7) is 2.08. The molecule has 0 fully saturated rings. The molecule has 0 unspecified atom stereocenters. The zero-order valence-electron chi connectivity index (χ0n) is 18.1. The molecule has 8 nitrogen and oxygen atoms in total. The average Bonchev–Trinajstić information content (AvgIpc) is 2.84. The van der Waals surface area contributed by atoms with E-state index in [2.05, 4.69) is 25.9 Å². The van der Waals surface area contributed by atoms with E-state index in [0.717, 1.165) is 11.8 Å². The number of urea groups is 1. The van der Waals surface area contributed by atoms with Gasteiger partial charge < -0.3 is 20.8 Å². The number of anilines is 1. The van der Waals surface area contributed by atoms with Crippen molar-refractivity contribution >= 4 is 23.9 Å². The van der Waals surface area contributed by atoms with Crippen molar-refractivity contribution in [1.29, 1.82) is 5.41 Å². The lowest BCUT2D eigenvalue weighted by Crippen LogP contribution is -2.42. The van der Waals surface area contributed by atoms with E-state index >= 15 is 0 Å². The van der Waals surface area contributed by atoms with Gasteiger partial charge in [-0.2, -0.15) is 0 Å². The Morgan fingerprint density at radius 1 is 1.09 bits per heavy atom. The number of alkyl halides is 1. The summed E-state index contributed by atoms with van der Waals surface area (Å²) < 4.78 is 18.4. The molecular weight excluding hydrogens is 423 g/mol. The van der Waals surface area contributed by atoms with Crippen LogP contribution in [0, 0.1) is 5.41 Å². The second kappa shape index (κ2) is 11.9. The van der Waals surface area contributed by atoms with Crippen molar-refractivity contribution in [3.63, 3.8) is 0 Å². The largest absolute Gasteiger partial charge is 0.439 e. The van der Waals surface area contributed by atoms with E-state index in [4.69, 9.17) is 10.1 Å². The summed E-state index contributed by atoms with van der Waals surface area (Å²) in [6, 6.07) is 18.9. The third-order valence-corrected chi connectivity index (χ3v) is 4.40. The van der Waals surface area contributed by atoms with Gasteiger partial charge in [-0.15, -0.1) is 0 Å². The van der Waals surface area contributed by atoms with Crippen LogP contribution in [0.25, 0.3) is 0 Å². The topological polar surface area (TPSA) is 111 Å². The van der Waals surface area contributed by atoms with Crippen LogP contribution in [-0.4, -0.2) is 29.7 Å². The Morgan fingerprint density at radius 3 is 2.48 bits per heavy atom. The molecule has 33 heavy (non-hydrogen) atoms. The van der Waals surface area contributed by atoms with Gasteiger partial charge in [0.05, 0.1) is 12.2 Å². The Hall–Kier alpha value is -4.27. The lowest BCUT2D eigenvalue weighted by molar-refractivity contribution is 0.246. The minimum Gasteiger partial charge on any atom is -0.439 e. The molecule has 0 aliphatic heterocycles. The van der Waals surface area contributed by atoms with Crippen LogP contribution in [0.2, 0.25) is 0 Å². The molecule has 1 aromatic heterocycles. The van der Waals surface area contributed by atoms with Crippen molar-refractivity contribution in [2.45, 2.75) is 20.1 Å². The van der Waals surface area contributed by atoms with Gasteiger partial charge in [0.1, 0.15) is 12.4 Å². The third-order valence-electron chi connectivity index (χ3n) is 4.40. The molecule has 4 N–H and O–H groups in total. The number of halogens is 1. The number of nitrogens with zero attached hydrogens (tertiary/aromatic N) is 2. The second-order valence-corrected chi connectivity index (χ2v) is 6.90. The zero-order valence-corrected chi connectivity index (χ0v) is 18.1. The van der Waals surface area contributed by atoms with Gasteiger partial charge >= 0.3 is 6.03 Å². The van der Waals surface area contributed by atoms with Crippen LogP contribution in [-0.2, 0) is 13.2 Å². The number of ether oxygens (including phenoxy) is 1. The van der Waals surface area contributed by atoms with Crippen molar-refractivity contribution in [2.24, 2.45) is 4.99 Å². The van der Waals surface area contributed by atoms with Crippen LogP contribution in [0.3, 0.4) is 0 Å². The van der Waals surface area contributed by atoms with Gasteiger partial charge in [-0.05, 0) is 48.4 Å². The van der Waals surface area contributed by atoms with Gasteiger partial charge in [-0.1, -0.05) is 30.3 Å². The summed E-state index contributed by atoms with van der Waals surface area (Å²) in [5.74, 6) is 1.22. The Kier molecular flexibility index (Phi) is 8.47. The molecule has 0 spiro atoms. The quantitative estimate of drug-likeness (QED) is 0.297. The molecule has 1 heterocycles. The van der Waals surface area contributed by atoms with E-state index in [1.807, 2.05) is 6.92 Å². The third kappa shape index (κ3) is 7.42. The highest BCUT2D eigenvalue weighted by Gasteiger charge is 2.07. The summed E-state index contributed by atoms with van der Waals surface area (Å²) >= 11 is 0. The second-order valence-electron chi connectivity index (χ2n) is 6.90. The summed E-state index contributed by atoms with van der Waals surface area (Å²) in [5, 5.41) is 15.7. The molecule has 3 aromatic rings. The number of rotatable bonds is 8. The first kappa shape index (κ1) is 23.4. The van der Waals surface area contributed by atoms with Crippen molar-refractivity contribution in [1.82, 2.24) is 15.6 Å². The van der Waals surface area contributed by atoms with Crippen LogP contribution in [0.15, 0.2) is 71.7 Å². The molecular formula is C24H25FN6O2. The standard InChI is InChI=1S/C24H25FN6O2/c1-2-27-24(32)31-23(28-16-18-8-6-17(14-25)7-9-18)30-19-10-12-21(13-11-19)33-22-5-3-4-20(15-26)29-22/h3-13,15,26H,2,14,16H2,1H3,(H3,27,28,30,31,32). The molecule has 3 rings (SSSR count). The number of carbonyl (C=O) groups excluding carboxylic acids is 1. The van der Waals surface area contributed by atoms with Gasteiger partial charge in [-0.3, -0.25) is 5.32 Å². The SMILES string of the molecule is CCNC(=O)NC(=NCc1ccc(CF)cc1)Nc1ccc(Oc2cccc(C=N)n2)cc1. The minimum atomic E-state index is -0.515. The number of carbonyl (C=O) groups is 1. The number of pyridine rings is 1. The van der Waals surface area contributed by atoms with Gasteiger partial charge in [0.25, 0.3) is 0 Å². The molecule has 9 heteroatoms. The predicted molar refractivity (Wildman–Crippen MR) is 127 cm³/mol. The van der Waals surface area contributed by atoms with E-state index in [-0.39, 0.29) is 12.0 Å². The number of benzene rings is 2. The number of nitrogens with one attached hydrogen (secondary N) is 4.